The molecule has 21 heavy (non-hydrogen) atoms. The molecule has 2 rings (SSSR count). The van der Waals surface area contributed by atoms with Gasteiger partial charge in [-0.3, -0.25) is 14.9 Å². The molecule has 0 aliphatic heterocycles. The number of benzene rings is 1. The van der Waals surface area contributed by atoms with E-state index in [0.717, 1.165) is 0 Å². The zero-order chi connectivity index (χ0) is 15.6. The summed E-state index contributed by atoms with van der Waals surface area (Å²) in [5.41, 5.74) is 7.82. The number of carbonyl (C=O) groups is 1. The highest BCUT2D eigenvalue weighted by Crippen LogP contribution is 2.26. The molecule has 1 heterocycles. The lowest BCUT2D eigenvalue weighted by molar-refractivity contribution is -0.385. The number of aryl methyl sites for hydroxylation is 2. The van der Waals surface area contributed by atoms with Crippen molar-refractivity contribution in [2.24, 2.45) is 0 Å². The lowest BCUT2D eigenvalue weighted by Crippen LogP contribution is -2.14. The van der Waals surface area contributed by atoms with Crippen LogP contribution in [0, 0.1) is 24.0 Å². The number of nitro benzene ring substituents is 1. The number of nitrogens with one attached hydrogen (secondary N) is 1. The Labute approximate surface area is 121 Å². The summed E-state index contributed by atoms with van der Waals surface area (Å²) >= 11 is 0. The summed E-state index contributed by atoms with van der Waals surface area (Å²) in [4.78, 5) is 26.4. The van der Waals surface area contributed by atoms with Gasteiger partial charge < -0.3 is 11.1 Å². The number of nitrogens with two attached hydrogens (primary N) is 1. The van der Waals surface area contributed by atoms with Crippen LogP contribution in [-0.4, -0.2) is 15.8 Å². The number of rotatable bonds is 3. The van der Waals surface area contributed by atoms with Crippen LogP contribution in [0.3, 0.4) is 0 Å². The summed E-state index contributed by atoms with van der Waals surface area (Å²) in [6.07, 6.45) is 1.39. The molecule has 0 atom stereocenters. The minimum Gasteiger partial charge on any atom is -0.397 e. The third-order valence-corrected chi connectivity index (χ3v) is 3.01. The molecule has 0 aliphatic rings. The number of hydrogen-bond donors (Lipinski definition) is 2. The number of nitro groups is 1. The maximum atomic E-state index is 12.1. The predicted octanol–water partition coefficient (Wildman–Crippen LogP) is 2.44. The smallest absolute Gasteiger partial charge is 0.274 e. The molecule has 3 N–H and O–H groups in total. The Hall–Kier alpha value is -2.96. The second-order valence-electron chi connectivity index (χ2n) is 4.64. The fourth-order valence-electron chi connectivity index (χ4n) is 1.86. The average molecular weight is 286 g/mol. The summed E-state index contributed by atoms with van der Waals surface area (Å²) in [6, 6.07) is 6.10. The highest BCUT2D eigenvalue weighted by molar-refractivity contribution is 6.03. The van der Waals surface area contributed by atoms with E-state index < -0.39 is 10.8 Å². The van der Waals surface area contributed by atoms with Gasteiger partial charge in [0.05, 0.1) is 16.8 Å². The Bertz CT molecular complexity index is 711. The molecule has 108 valence electrons. The third kappa shape index (κ3) is 3.14. The van der Waals surface area contributed by atoms with Crippen LogP contribution in [0.5, 0.6) is 0 Å². The lowest BCUT2D eigenvalue weighted by atomic mass is 10.1. The van der Waals surface area contributed by atoms with Gasteiger partial charge >= 0.3 is 0 Å². The van der Waals surface area contributed by atoms with Gasteiger partial charge in [-0.1, -0.05) is 0 Å². The molecule has 0 aliphatic carbocycles. The zero-order valence-corrected chi connectivity index (χ0v) is 11.6. The van der Waals surface area contributed by atoms with Crippen LogP contribution >= 0.6 is 0 Å². The van der Waals surface area contributed by atoms with Gasteiger partial charge in [-0.2, -0.15) is 0 Å². The standard InChI is InChI=1S/C14H14N4O3/c1-8-6-13(18(20)21)9(2)5-12(8)17-14(19)11-4-3-10(15)7-16-11/h3-7H,15H2,1-2H3,(H,17,19). The average Bonchev–Trinajstić information content (AvgIpc) is 2.42. The van der Waals surface area contributed by atoms with E-state index in [0.29, 0.717) is 22.5 Å². The molecule has 0 radical (unpaired) electrons. The van der Waals surface area contributed by atoms with Crippen molar-refractivity contribution in [3.8, 4) is 0 Å². The molecular weight excluding hydrogens is 272 g/mol. The van der Waals surface area contributed by atoms with E-state index in [1.165, 1.54) is 18.3 Å². The fraction of sp³-hybridized carbons (Fsp3) is 0.143. The molecule has 0 fully saturated rings. The van der Waals surface area contributed by atoms with Crippen molar-refractivity contribution >= 4 is 23.0 Å². The summed E-state index contributed by atoms with van der Waals surface area (Å²) in [7, 11) is 0. The first-order chi connectivity index (χ1) is 9.88. The number of nitrogen functional groups attached to an aromatic ring is 1. The Balaban J connectivity index is 2.27. The van der Waals surface area contributed by atoms with Crippen LogP contribution in [0.2, 0.25) is 0 Å². The lowest BCUT2D eigenvalue weighted by Gasteiger charge is -2.09. The van der Waals surface area contributed by atoms with E-state index in [9.17, 15) is 14.9 Å². The number of anilines is 2. The molecule has 0 saturated heterocycles. The summed E-state index contributed by atoms with van der Waals surface area (Å²) in [6.45, 7) is 3.31. The number of amides is 1. The van der Waals surface area contributed by atoms with E-state index in [-0.39, 0.29) is 11.4 Å². The highest BCUT2D eigenvalue weighted by Gasteiger charge is 2.15. The molecule has 0 unspecified atom stereocenters. The van der Waals surface area contributed by atoms with Crippen LogP contribution in [-0.2, 0) is 0 Å². The Morgan fingerprint density at radius 2 is 2.00 bits per heavy atom. The van der Waals surface area contributed by atoms with E-state index in [2.05, 4.69) is 10.3 Å². The molecule has 1 aromatic carbocycles. The van der Waals surface area contributed by atoms with Crippen molar-refractivity contribution in [1.82, 2.24) is 4.98 Å². The van der Waals surface area contributed by atoms with E-state index in [1.54, 1.807) is 26.0 Å². The summed E-state index contributed by atoms with van der Waals surface area (Å²) in [5.74, 6) is -0.397. The topological polar surface area (TPSA) is 111 Å². The molecule has 0 bridgehead atoms. The van der Waals surface area contributed by atoms with Crippen molar-refractivity contribution in [1.29, 1.82) is 0 Å². The molecule has 0 spiro atoms. The van der Waals surface area contributed by atoms with Crippen molar-refractivity contribution < 1.29 is 9.72 Å². The molecular formula is C14H14N4O3. The van der Waals surface area contributed by atoms with E-state index >= 15 is 0 Å². The van der Waals surface area contributed by atoms with Crippen molar-refractivity contribution in [2.45, 2.75) is 13.8 Å². The van der Waals surface area contributed by atoms with Gasteiger partial charge in [-0.15, -0.1) is 0 Å². The van der Waals surface area contributed by atoms with Gasteiger partial charge in [0.1, 0.15) is 5.69 Å². The quantitative estimate of drug-likeness (QED) is 0.665. The summed E-state index contributed by atoms with van der Waals surface area (Å²) < 4.78 is 0. The number of pyridine rings is 1. The van der Waals surface area contributed by atoms with Crippen LogP contribution in [0.25, 0.3) is 0 Å². The van der Waals surface area contributed by atoms with Crippen molar-refractivity contribution in [3.63, 3.8) is 0 Å². The molecule has 1 aromatic heterocycles. The van der Waals surface area contributed by atoms with Gasteiger partial charge in [-0.25, -0.2) is 4.98 Å². The van der Waals surface area contributed by atoms with Gasteiger partial charge in [0.2, 0.25) is 0 Å². The number of aromatic nitrogens is 1. The fourth-order valence-corrected chi connectivity index (χ4v) is 1.86. The maximum Gasteiger partial charge on any atom is 0.274 e. The molecule has 7 nitrogen and oxygen atoms in total. The van der Waals surface area contributed by atoms with Gasteiger partial charge in [0, 0.05) is 17.3 Å². The Morgan fingerprint density at radius 1 is 1.29 bits per heavy atom. The van der Waals surface area contributed by atoms with Crippen LogP contribution in [0.1, 0.15) is 21.6 Å². The van der Waals surface area contributed by atoms with E-state index in [4.69, 9.17) is 5.73 Å². The highest BCUT2D eigenvalue weighted by atomic mass is 16.6. The minimum atomic E-state index is -0.449. The molecule has 7 heteroatoms. The van der Waals surface area contributed by atoms with E-state index in [1.807, 2.05) is 0 Å². The monoisotopic (exact) mass is 286 g/mol. The first-order valence-electron chi connectivity index (χ1n) is 6.17. The summed E-state index contributed by atoms with van der Waals surface area (Å²) in [5, 5.41) is 13.5. The largest absolute Gasteiger partial charge is 0.397 e. The number of nitrogens with zero attached hydrogens (tertiary/aromatic N) is 2. The molecule has 2 aromatic rings. The number of carbonyl (C=O) groups excluding carboxylic acids is 1. The van der Waals surface area contributed by atoms with Crippen LogP contribution in [0.15, 0.2) is 30.5 Å². The normalized spacial score (nSPS) is 10.2. The Morgan fingerprint density at radius 3 is 2.57 bits per heavy atom. The molecule has 1 amide bonds. The second-order valence-corrected chi connectivity index (χ2v) is 4.64. The van der Waals surface area contributed by atoms with Crippen LogP contribution < -0.4 is 11.1 Å². The number of hydrogen-bond acceptors (Lipinski definition) is 5. The van der Waals surface area contributed by atoms with Gasteiger partial charge in [0.15, 0.2) is 0 Å². The maximum absolute atomic E-state index is 12.1. The zero-order valence-electron chi connectivity index (χ0n) is 11.6. The molecule has 0 saturated carbocycles. The Kier molecular flexibility index (Phi) is 3.84. The second kappa shape index (κ2) is 5.58. The van der Waals surface area contributed by atoms with Crippen molar-refractivity contribution in [2.75, 3.05) is 11.1 Å². The van der Waals surface area contributed by atoms with Crippen LogP contribution in [0.4, 0.5) is 17.1 Å². The first kappa shape index (κ1) is 14.4. The minimum absolute atomic E-state index is 0.0242. The van der Waals surface area contributed by atoms with Crippen molar-refractivity contribution in [3.05, 3.63) is 57.4 Å². The van der Waals surface area contributed by atoms with Gasteiger partial charge in [0.25, 0.3) is 11.6 Å². The predicted molar refractivity (Wildman–Crippen MR) is 79.2 cm³/mol. The van der Waals surface area contributed by atoms with Gasteiger partial charge in [-0.05, 0) is 37.6 Å². The SMILES string of the molecule is Cc1cc([N+](=O)[O-])c(C)cc1NC(=O)c1ccc(N)cn1. The third-order valence-electron chi connectivity index (χ3n) is 3.01. The first-order valence-corrected chi connectivity index (χ1v) is 6.17.